The minimum atomic E-state index is -3.72. The Bertz CT molecular complexity index is 418. The highest BCUT2D eigenvalue weighted by atomic mass is 79.9. The Morgan fingerprint density at radius 2 is 2.15 bits per heavy atom. The van der Waals surface area contributed by atoms with Crippen molar-refractivity contribution in [2.24, 2.45) is 5.14 Å². The summed E-state index contributed by atoms with van der Waals surface area (Å²) in [6.45, 7) is 0. The van der Waals surface area contributed by atoms with Crippen molar-refractivity contribution < 1.29 is 8.42 Å². The van der Waals surface area contributed by atoms with E-state index in [1.807, 2.05) is 0 Å². The molecule has 0 aliphatic rings. The molecule has 72 valence electrons. The molecule has 1 aromatic heterocycles. The van der Waals surface area contributed by atoms with Crippen molar-refractivity contribution >= 4 is 31.6 Å². The van der Waals surface area contributed by atoms with Crippen LogP contribution in [-0.2, 0) is 10.0 Å². The van der Waals surface area contributed by atoms with E-state index in [2.05, 4.69) is 26.2 Å². The molecule has 3 N–H and O–H groups in total. The molecular weight excluding hydrogens is 258 g/mol. The van der Waals surface area contributed by atoms with Crippen LogP contribution in [0.1, 0.15) is 0 Å². The average molecular weight is 266 g/mol. The number of nitrogens with one attached hydrogen (secondary N) is 1. The summed E-state index contributed by atoms with van der Waals surface area (Å²) in [5, 5.41) is 7.70. The third-order valence-corrected chi connectivity index (χ3v) is 2.95. The Balaban J connectivity index is 3.47. The number of anilines is 1. The number of sulfonamides is 1. The van der Waals surface area contributed by atoms with Gasteiger partial charge < -0.3 is 5.32 Å². The Morgan fingerprint density at radius 3 is 2.54 bits per heavy atom. The number of nitrogens with zero attached hydrogens (tertiary/aromatic N) is 1. The number of primary sulfonamides is 1. The molecule has 0 saturated carbocycles. The summed E-state index contributed by atoms with van der Waals surface area (Å²) in [7, 11) is -2.12. The van der Waals surface area contributed by atoms with Crippen molar-refractivity contribution in [1.29, 1.82) is 0 Å². The zero-order valence-electron chi connectivity index (χ0n) is 6.78. The first-order chi connectivity index (χ1) is 5.96. The SMILES string of the molecule is CNc1c(Br)cncc1S(N)(=O)=O. The first-order valence-corrected chi connectivity index (χ1v) is 5.65. The molecule has 0 bridgehead atoms. The van der Waals surface area contributed by atoms with Gasteiger partial charge in [0.05, 0.1) is 10.2 Å². The van der Waals surface area contributed by atoms with E-state index in [-0.39, 0.29) is 4.90 Å². The van der Waals surface area contributed by atoms with Gasteiger partial charge in [-0.25, -0.2) is 13.6 Å². The summed E-state index contributed by atoms with van der Waals surface area (Å²) in [6.07, 6.45) is 2.69. The molecule has 1 rings (SSSR count). The molecule has 0 aliphatic heterocycles. The molecule has 0 unspecified atom stereocenters. The second-order valence-electron chi connectivity index (χ2n) is 2.29. The summed E-state index contributed by atoms with van der Waals surface area (Å²) in [5.74, 6) is 0. The molecule has 1 heterocycles. The van der Waals surface area contributed by atoms with Crippen LogP contribution in [0.2, 0.25) is 0 Å². The average Bonchev–Trinajstić information content (AvgIpc) is 2.02. The predicted molar refractivity (Wildman–Crippen MR) is 52.9 cm³/mol. The van der Waals surface area contributed by atoms with Crippen molar-refractivity contribution in [3.63, 3.8) is 0 Å². The fourth-order valence-corrected chi connectivity index (χ4v) is 2.24. The van der Waals surface area contributed by atoms with Gasteiger partial charge in [0.1, 0.15) is 4.90 Å². The Labute approximate surface area is 84.5 Å². The van der Waals surface area contributed by atoms with Crippen molar-refractivity contribution in [2.45, 2.75) is 4.90 Å². The topological polar surface area (TPSA) is 85.1 Å². The van der Waals surface area contributed by atoms with Gasteiger partial charge in [-0.3, -0.25) is 4.98 Å². The number of hydrogen-bond donors (Lipinski definition) is 2. The van der Waals surface area contributed by atoms with Gasteiger partial charge in [0.2, 0.25) is 10.0 Å². The molecule has 0 radical (unpaired) electrons. The van der Waals surface area contributed by atoms with Crippen LogP contribution in [0, 0.1) is 0 Å². The van der Waals surface area contributed by atoms with E-state index in [0.717, 1.165) is 0 Å². The number of hydrogen-bond acceptors (Lipinski definition) is 4. The number of rotatable bonds is 2. The van der Waals surface area contributed by atoms with Crippen molar-refractivity contribution in [3.05, 3.63) is 16.9 Å². The van der Waals surface area contributed by atoms with Gasteiger partial charge in [0, 0.05) is 19.4 Å². The normalized spacial score (nSPS) is 11.3. The van der Waals surface area contributed by atoms with Crippen molar-refractivity contribution in [1.82, 2.24) is 4.98 Å². The highest BCUT2D eigenvalue weighted by Crippen LogP contribution is 2.26. The predicted octanol–water partition coefficient (Wildman–Crippen LogP) is 0.533. The lowest BCUT2D eigenvalue weighted by molar-refractivity contribution is 0.597. The zero-order valence-corrected chi connectivity index (χ0v) is 9.18. The zero-order chi connectivity index (χ0) is 10.1. The summed E-state index contributed by atoms with van der Waals surface area (Å²) in [4.78, 5) is 3.69. The lowest BCUT2D eigenvalue weighted by Crippen LogP contribution is -2.14. The van der Waals surface area contributed by atoms with Crippen LogP contribution in [-0.4, -0.2) is 20.4 Å². The quantitative estimate of drug-likeness (QED) is 0.817. The maximum absolute atomic E-state index is 11.0. The molecule has 5 nitrogen and oxygen atoms in total. The summed E-state index contributed by atoms with van der Waals surface area (Å²) in [6, 6.07) is 0. The van der Waals surface area contributed by atoms with Crippen LogP contribution in [0.5, 0.6) is 0 Å². The molecule has 1 aromatic rings. The number of pyridine rings is 1. The molecule has 0 aliphatic carbocycles. The van der Waals surface area contributed by atoms with Gasteiger partial charge in [-0.05, 0) is 15.9 Å². The third-order valence-electron chi connectivity index (χ3n) is 1.42. The molecule has 0 aromatic carbocycles. The molecule has 7 heteroatoms. The fraction of sp³-hybridized carbons (Fsp3) is 0.167. The van der Waals surface area contributed by atoms with Gasteiger partial charge in [-0.15, -0.1) is 0 Å². The third kappa shape index (κ3) is 2.17. The van der Waals surface area contributed by atoms with Crippen LogP contribution in [0.15, 0.2) is 21.8 Å². The highest BCUT2D eigenvalue weighted by molar-refractivity contribution is 9.10. The summed E-state index contributed by atoms with van der Waals surface area (Å²) >= 11 is 3.15. The van der Waals surface area contributed by atoms with E-state index in [9.17, 15) is 8.42 Å². The van der Waals surface area contributed by atoms with E-state index >= 15 is 0 Å². The summed E-state index contributed by atoms with van der Waals surface area (Å²) in [5.41, 5.74) is 0.414. The van der Waals surface area contributed by atoms with E-state index in [1.165, 1.54) is 12.4 Å². The lowest BCUT2D eigenvalue weighted by Gasteiger charge is -2.07. The van der Waals surface area contributed by atoms with Crippen LogP contribution in [0.3, 0.4) is 0 Å². The van der Waals surface area contributed by atoms with Gasteiger partial charge in [0.15, 0.2) is 0 Å². The molecule has 0 saturated heterocycles. The maximum Gasteiger partial charge on any atom is 0.241 e. The van der Waals surface area contributed by atoms with Crippen LogP contribution in [0.25, 0.3) is 0 Å². The van der Waals surface area contributed by atoms with Gasteiger partial charge in [0.25, 0.3) is 0 Å². The molecule has 0 amide bonds. The van der Waals surface area contributed by atoms with E-state index in [4.69, 9.17) is 5.14 Å². The number of aromatic nitrogens is 1. The Hall–Kier alpha value is -0.660. The van der Waals surface area contributed by atoms with E-state index in [1.54, 1.807) is 7.05 Å². The standard InChI is InChI=1S/C6H8BrN3O2S/c1-9-6-4(7)2-10-3-5(6)13(8,11)12/h2-3H,1H3,(H,9,10)(H2,8,11,12). The summed E-state index contributed by atoms with van der Waals surface area (Å²) < 4.78 is 22.6. The second-order valence-corrected chi connectivity index (χ2v) is 4.67. The minimum absolute atomic E-state index is 0.0237. The van der Waals surface area contributed by atoms with Crippen LogP contribution in [0.4, 0.5) is 5.69 Å². The molecule has 0 spiro atoms. The minimum Gasteiger partial charge on any atom is -0.386 e. The second kappa shape index (κ2) is 3.60. The lowest BCUT2D eigenvalue weighted by atomic mass is 10.4. The molecular formula is C6H8BrN3O2S. The van der Waals surface area contributed by atoms with E-state index < -0.39 is 10.0 Å². The first-order valence-electron chi connectivity index (χ1n) is 3.31. The van der Waals surface area contributed by atoms with Crippen LogP contribution >= 0.6 is 15.9 Å². The Kier molecular flexibility index (Phi) is 2.89. The molecule has 0 fully saturated rings. The number of nitrogens with two attached hydrogens (primary N) is 1. The van der Waals surface area contributed by atoms with Gasteiger partial charge in [-0.1, -0.05) is 0 Å². The number of halogens is 1. The monoisotopic (exact) mass is 265 g/mol. The fourth-order valence-electron chi connectivity index (χ4n) is 0.876. The van der Waals surface area contributed by atoms with Crippen molar-refractivity contribution in [3.8, 4) is 0 Å². The Morgan fingerprint density at radius 1 is 1.54 bits per heavy atom. The maximum atomic E-state index is 11.0. The van der Waals surface area contributed by atoms with Gasteiger partial charge in [-0.2, -0.15) is 0 Å². The first kappa shape index (κ1) is 10.4. The molecule has 13 heavy (non-hydrogen) atoms. The van der Waals surface area contributed by atoms with Gasteiger partial charge >= 0.3 is 0 Å². The highest BCUT2D eigenvalue weighted by Gasteiger charge is 2.15. The smallest absolute Gasteiger partial charge is 0.241 e. The largest absolute Gasteiger partial charge is 0.386 e. The van der Waals surface area contributed by atoms with Crippen LogP contribution < -0.4 is 10.5 Å². The van der Waals surface area contributed by atoms with Crippen molar-refractivity contribution in [2.75, 3.05) is 12.4 Å². The molecule has 0 atom stereocenters. The van der Waals surface area contributed by atoms with E-state index in [0.29, 0.717) is 10.2 Å².